The van der Waals surface area contributed by atoms with Crippen LogP contribution in [-0.4, -0.2) is 13.1 Å². The first-order valence-electron chi connectivity index (χ1n) is 6.62. The van der Waals surface area contributed by atoms with Crippen LogP contribution in [0.1, 0.15) is 10.4 Å². The number of carbonyl (C=O) groups excluding carboxylic acids is 1. The molecule has 0 saturated carbocycles. The maximum Gasteiger partial charge on any atom is 0.337 e. The van der Waals surface area contributed by atoms with Crippen LogP contribution in [0.25, 0.3) is 10.8 Å². The van der Waals surface area contributed by atoms with Gasteiger partial charge in [-0.3, -0.25) is 0 Å². The van der Waals surface area contributed by atoms with Crippen molar-refractivity contribution < 1.29 is 14.3 Å². The smallest absolute Gasteiger partial charge is 0.337 e. The number of hydrogen-bond acceptors (Lipinski definition) is 3. The topological polar surface area (TPSA) is 35.5 Å². The van der Waals surface area contributed by atoms with Crippen molar-refractivity contribution in [3.63, 3.8) is 0 Å². The molecule has 0 saturated heterocycles. The van der Waals surface area contributed by atoms with Crippen LogP contribution in [0.2, 0.25) is 0 Å². The van der Waals surface area contributed by atoms with E-state index in [9.17, 15) is 4.79 Å². The first kappa shape index (κ1) is 13.2. The summed E-state index contributed by atoms with van der Waals surface area (Å²) in [6, 6.07) is 20.9. The van der Waals surface area contributed by atoms with Gasteiger partial charge in [-0.05, 0) is 35.7 Å². The van der Waals surface area contributed by atoms with Crippen molar-refractivity contribution in [2.24, 2.45) is 0 Å². The van der Waals surface area contributed by atoms with E-state index >= 15 is 0 Å². The van der Waals surface area contributed by atoms with Gasteiger partial charge in [-0.2, -0.15) is 0 Å². The molecule has 3 heteroatoms. The Morgan fingerprint density at radius 1 is 0.857 bits per heavy atom. The van der Waals surface area contributed by atoms with E-state index in [4.69, 9.17) is 4.74 Å². The third-order valence-corrected chi connectivity index (χ3v) is 3.25. The lowest BCUT2D eigenvalue weighted by Crippen LogP contribution is -2.00. The highest BCUT2D eigenvalue weighted by molar-refractivity contribution is 5.90. The van der Waals surface area contributed by atoms with Crippen LogP contribution in [0.3, 0.4) is 0 Å². The van der Waals surface area contributed by atoms with Crippen molar-refractivity contribution in [1.82, 2.24) is 0 Å². The lowest BCUT2D eigenvalue weighted by atomic mass is 10.1. The molecular weight excluding hydrogens is 264 g/mol. The van der Waals surface area contributed by atoms with Gasteiger partial charge in [-0.15, -0.1) is 0 Å². The van der Waals surface area contributed by atoms with Gasteiger partial charge in [0.25, 0.3) is 0 Å². The molecule has 0 aromatic heterocycles. The average molecular weight is 278 g/mol. The second-order valence-corrected chi connectivity index (χ2v) is 4.60. The molecule has 3 rings (SSSR count). The molecule has 0 fully saturated rings. The molecule has 21 heavy (non-hydrogen) atoms. The largest absolute Gasteiger partial charge is 0.465 e. The Hall–Kier alpha value is -2.81. The SMILES string of the molecule is COC(=O)c1ccc(Oc2cccc3ccccc23)cc1. The van der Waals surface area contributed by atoms with Gasteiger partial charge >= 0.3 is 5.97 Å². The van der Waals surface area contributed by atoms with E-state index in [1.54, 1.807) is 24.3 Å². The molecule has 0 heterocycles. The third-order valence-electron chi connectivity index (χ3n) is 3.25. The van der Waals surface area contributed by atoms with Crippen LogP contribution < -0.4 is 4.74 Å². The summed E-state index contributed by atoms with van der Waals surface area (Å²) in [5, 5.41) is 2.18. The van der Waals surface area contributed by atoms with E-state index in [1.807, 2.05) is 42.5 Å². The zero-order valence-electron chi connectivity index (χ0n) is 11.6. The summed E-state index contributed by atoms with van der Waals surface area (Å²) in [5.74, 6) is 1.12. The number of benzene rings is 3. The lowest BCUT2D eigenvalue weighted by molar-refractivity contribution is 0.0600. The normalized spacial score (nSPS) is 10.3. The van der Waals surface area contributed by atoms with Crippen molar-refractivity contribution in [2.45, 2.75) is 0 Å². The fourth-order valence-electron chi connectivity index (χ4n) is 2.19. The Kier molecular flexibility index (Phi) is 3.56. The summed E-state index contributed by atoms with van der Waals surface area (Å²) < 4.78 is 10.6. The molecule has 3 nitrogen and oxygen atoms in total. The molecule has 0 atom stereocenters. The van der Waals surface area contributed by atoms with E-state index in [0.717, 1.165) is 16.5 Å². The third kappa shape index (κ3) is 2.72. The first-order chi connectivity index (χ1) is 10.3. The minimum atomic E-state index is -0.355. The van der Waals surface area contributed by atoms with Gasteiger partial charge in [-0.1, -0.05) is 36.4 Å². The Balaban J connectivity index is 1.90. The van der Waals surface area contributed by atoms with Crippen molar-refractivity contribution in [3.8, 4) is 11.5 Å². The second kappa shape index (κ2) is 5.67. The van der Waals surface area contributed by atoms with Crippen molar-refractivity contribution >= 4 is 16.7 Å². The Morgan fingerprint density at radius 3 is 2.33 bits per heavy atom. The van der Waals surface area contributed by atoms with Crippen LogP contribution in [0.15, 0.2) is 66.7 Å². The molecule has 0 spiro atoms. The van der Waals surface area contributed by atoms with Crippen LogP contribution in [0.4, 0.5) is 0 Å². The maximum absolute atomic E-state index is 11.4. The van der Waals surface area contributed by atoms with Crippen molar-refractivity contribution in [1.29, 1.82) is 0 Å². The molecule has 0 bridgehead atoms. The summed E-state index contributed by atoms with van der Waals surface area (Å²) >= 11 is 0. The van der Waals surface area contributed by atoms with Crippen LogP contribution in [-0.2, 0) is 4.74 Å². The first-order valence-corrected chi connectivity index (χ1v) is 6.62. The van der Waals surface area contributed by atoms with Crippen LogP contribution in [0.5, 0.6) is 11.5 Å². The number of hydrogen-bond donors (Lipinski definition) is 0. The molecule has 0 radical (unpaired) electrons. The van der Waals surface area contributed by atoms with Crippen LogP contribution in [0, 0.1) is 0 Å². The van der Waals surface area contributed by atoms with E-state index < -0.39 is 0 Å². The number of carbonyl (C=O) groups is 1. The molecule has 3 aromatic rings. The summed E-state index contributed by atoms with van der Waals surface area (Å²) in [6.45, 7) is 0. The predicted molar refractivity (Wildman–Crippen MR) is 81.8 cm³/mol. The number of methoxy groups -OCH3 is 1. The van der Waals surface area contributed by atoms with E-state index in [-0.39, 0.29) is 5.97 Å². The van der Waals surface area contributed by atoms with E-state index in [0.29, 0.717) is 11.3 Å². The standard InChI is InChI=1S/C18H14O3/c1-20-18(19)14-9-11-15(12-10-14)21-17-8-4-6-13-5-2-3-7-16(13)17/h2-12H,1H3. The van der Waals surface area contributed by atoms with Gasteiger partial charge in [0.15, 0.2) is 0 Å². The van der Waals surface area contributed by atoms with Crippen molar-refractivity contribution in [3.05, 3.63) is 72.3 Å². The summed E-state index contributed by atoms with van der Waals surface area (Å²) in [4.78, 5) is 11.4. The number of fused-ring (bicyclic) bond motifs is 1. The Bertz CT molecular complexity index is 771. The van der Waals surface area contributed by atoms with Gasteiger partial charge in [0.05, 0.1) is 12.7 Å². The fourth-order valence-corrected chi connectivity index (χ4v) is 2.19. The quantitative estimate of drug-likeness (QED) is 0.665. The van der Waals surface area contributed by atoms with Crippen LogP contribution >= 0.6 is 0 Å². The highest BCUT2D eigenvalue weighted by Gasteiger charge is 2.06. The molecule has 0 aliphatic rings. The summed E-state index contributed by atoms with van der Waals surface area (Å²) in [5.41, 5.74) is 0.503. The van der Waals surface area contributed by atoms with E-state index in [2.05, 4.69) is 4.74 Å². The lowest BCUT2D eigenvalue weighted by Gasteiger charge is -2.09. The van der Waals surface area contributed by atoms with Gasteiger partial charge in [0.1, 0.15) is 11.5 Å². The predicted octanol–water partition coefficient (Wildman–Crippen LogP) is 4.42. The second-order valence-electron chi connectivity index (χ2n) is 4.60. The molecule has 0 N–H and O–H groups in total. The van der Waals surface area contributed by atoms with Crippen molar-refractivity contribution in [2.75, 3.05) is 7.11 Å². The fraction of sp³-hybridized carbons (Fsp3) is 0.0556. The highest BCUT2D eigenvalue weighted by Crippen LogP contribution is 2.29. The molecule has 104 valence electrons. The number of esters is 1. The van der Waals surface area contributed by atoms with Gasteiger partial charge in [-0.25, -0.2) is 4.79 Å². The monoisotopic (exact) mass is 278 g/mol. The number of rotatable bonds is 3. The average Bonchev–Trinajstić information content (AvgIpc) is 2.55. The summed E-state index contributed by atoms with van der Waals surface area (Å²) in [6.07, 6.45) is 0. The minimum absolute atomic E-state index is 0.355. The molecular formula is C18H14O3. The molecule has 3 aromatic carbocycles. The maximum atomic E-state index is 11.4. The number of ether oxygens (including phenoxy) is 2. The highest BCUT2D eigenvalue weighted by atomic mass is 16.5. The van der Waals surface area contributed by atoms with E-state index in [1.165, 1.54) is 7.11 Å². The molecule has 0 amide bonds. The zero-order chi connectivity index (χ0) is 14.7. The Labute approximate surface area is 122 Å². The molecule has 0 unspecified atom stereocenters. The molecule has 0 aliphatic heterocycles. The Morgan fingerprint density at radius 2 is 1.57 bits per heavy atom. The zero-order valence-corrected chi connectivity index (χ0v) is 11.6. The van der Waals surface area contributed by atoms with Gasteiger partial charge in [0, 0.05) is 5.39 Å². The minimum Gasteiger partial charge on any atom is -0.465 e. The van der Waals surface area contributed by atoms with Gasteiger partial charge in [0.2, 0.25) is 0 Å². The van der Waals surface area contributed by atoms with Gasteiger partial charge < -0.3 is 9.47 Å². The molecule has 0 aliphatic carbocycles. The summed E-state index contributed by atoms with van der Waals surface area (Å²) in [7, 11) is 1.36.